The maximum Gasteiger partial charge on any atom is 0.0367 e. The first kappa shape index (κ1) is 16.8. The second-order valence-corrected chi connectivity index (χ2v) is 7.95. The standard InChI is InChI=1S/C20H33N3/c1-16(2)19-5-7-20(8-6-19)22-11-9-21(10-12-22)13-18-14-23(15-18)17(3)4/h5-8,16-18H,9-15H2,1-4H3. The van der Waals surface area contributed by atoms with E-state index in [4.69, 9.17) is 0 Å². The second kappa shape index (κ2) is 7.23. The van der Waals surface area contributed by atoms with Gasteiger partial charge in [0.05, 0.1) is 0 Å². The van der Waals surface area contributed by atoms with Crippen molar-refractivity contribution in [3.63, 3.8) is 0 Å². The minimum atomic E-state index is 0.619. The van der Waals surface area contributed by atoms with E-state index in [2.05, 4.69) is 66.7 Å². The van der Waals surface area contributed by atoms with Crippen molar-refractivity contribution >= 4 is 5.69 Å². The molecule has 2 saturated heterocycles. The lowest BCUT2D eigenvalue weighted by Crippen LogP contribution is -2.56. The average molecular weight is 316 g/mol. The van der Waals surface area contributed by atoms with E-state index in [0.29, 0.717) is 5.92 Å². The highest BCUT2D eigenvalue weighted by atomic mass is 15.3. The molecule has 3 nitrogen and oxygen atoms in total. The van der Waals surface area contributed by atoms with Crippen molar-refractivity contribution < 1.29 is 0 Å². The first-order valence-electron chi connectivity index (χ1n) is 9.34. The van der Waals surface area contributed by atoms with Crippen molar-refractivity contribution in [1.29, 1.82) is 0 Å². The van der Waals surface area contributed by atoms with E-state index in [9.17, 15) is 0 Å². The molecule has 2 heterocycles. The topological polar surface area (TPSA) is 9.72 Å². The second-order valence-electron chi connectivity index (χ2n) is 7.95. The van der Waals surface area contributed by atoms with Crippen LogP contribution in [0.15, 0.2) is 24.3 Å². The molecule has 3 rings (SSSR count). The molecule has 0 atom stereocenters. The summed E-state index contributed by atoms with van der Waals surface area (Å²) in [5.74, 6) is 1.52. The maximum atomic E-state index is 2.67. The van der Waals surface area contributed by atoms with Gasteiger partial charge < -0.3 is 9.80 Å². The quantitative estimate of drug-likeness (QED) is 0.826. The normalized spacial score (nSPS) is 21.2. The number of likely N-dealkylation sites (tertiary alicyclic amines) is 1. The average Bonchev–Trinajstić information content (AvgIpc) is 2.51. The number of rotatable bonds is 5. The Morgan fingerprint density at radius 3 is 2.04 bits per heavy atom. The fourth-order valence-electron chi connectivity index (χ4n) is 3.77. The molecule has 1 aromatic rings. The van der Waals surface area contributed by atoms with Crippen LogP contribution in [-0.4, -0.2) is 61.7 Å². The number of benzene rings is 1. The first-order valence-corrected chi connectivity index (χ1v) is 9.34. The Balaban J connectivity index is 1.43. The molecule has 0 amide bonds. The molecule has 1 aromatic carbocycles. The molecule has 2 fully saturated rings. The molecule has 2 aliphatic rings. The number of nitrogens with zero attached hydrogens (tertiary/aromatic N) is 3. The summed E-state index contributed by atoms with van der Waals surface area (Å²) < 4.78 is 0. The van der Waals surface area contributed by atoms with Gasteiger partial charge in [0.15, 0.2) is 0 Å². The van der Waals surface area contributed by atoms with Crippen molar-refractivity contribution in [2.45, 2.75) is 39.7 Å². The molecule has 2 aliphatic heterocycles. The molecule has 128 valence electrons. The van der Waals surface area contributed by atoms with Gasteiger partial charge in [-0.15, -0.1) is 0 Å². The Bertz CT molecular complexity index is 480. The van der Waals surface area contributed by atoms with Gasteiger partial charge in [0.1, 0.15) is 0 Å². The van der Waals surface area contributed by atoms with Crippen LogP contribution in [-0.2, 0) is 0 Å². The van der Waals surface area contributed by atoms with E-state index >= 15 is 0 Å². The number of hydrogen-bond acceptors (Lipinski definition) is 3. The Kier molecular flexibility index (Phi) is 5.27. The van der Waals surface area contributed by atoms with Gasteiger partial charge in [-0.05, 0) is 43.4 Å². The fraction of sp³-hybridized carbons (Fsp3) is 0.700. The Labute approximate surface area is 142 Å². The van der Waals surface area contributed by atoms with E-state index in [-0.39, 0.29) is 0 Å². The highest BCUT2D eigenvalue weighted by Crippen LogP contribution is 2.23. The van der Waals surface area contributed by atoms with Gasteiger partial charge in [0, 0.05) is 57.5 Å². The number of piperazine rings is 1. The van der Waals surface area contributed by atoms with Crippen LogP contribution in [0.25, 0.3) is 0 Å². The van der Waals surface area contributed by atoms with Crippen LogP contribution in [0, 0.1) is 5.92 Å². The molecular formula is C20H33N3. The highest BCUT2D eigenvalue weighted by Gasteiger charge is 2.30. The van der Waals surface area contributed by atoms with Crippen LogP contribution < -0.4 is 4.90 Å². The monoisotopic (exact) mass is 315 g/mol. The summed E-state index contributed by atoms with van der Waals surface area (Å²) in [6.45, 7) is 17.8. The Morgan fingerprint density at radius 1 is 0.913 bits per heavy atom. The molecule has 0 spiro atoms. The van der Waals surface area contributed by atoms with Crippen LogP contribution in [0.1, 0.15) is 39.2 Å². The van der Waals surface area contributed by atoms with Crippen molar-refractivity contribution in [3.8, 4) is 0 Å². The number of anilines is 1. The lowest BCUT2D eigenvalue weighted by Gasteiger charge is -2.45. The lowest BCUT2D eigenvalue weighted by atomic mass is 9.97. The van der Waals surface area contributed by atoms with E-state index in [1.54, 1.807) is 0 Å². The zero-order chi connectivity index (χ0) is 16.4. The molecule has 0 bridgehead atoms. The van der Waals surface area contributed by atoms with Gasteiger partial charge in [-0.25, -0.2) is 0 Å². The van der Waals surface area contributed by atoms with Crippen LogP contribution >= 0.6 is 0 Å². The molecule has 23 heavy (non-hydrogen) atoms. The van der Waals surface area contributed by atoms with Crippen molar-refractivity contribution in [2.75, 3.05) is 50.7 Å². The minimum Gasteiger partial charge on any atom is -0.369 e. The predicted molar refractivity (Wildman–Crippen MR) is 99.4 cm³/mol. The van der Waals surface area contributed by atoms with Crippen LogP contribution in [0.4, 0.5) is 5.69 Å². The summed E-state index contributed by atoms with van der Waals surface area (Å²) in [4.78, 5) is 7.79. The van der Waals surface area contributed by atoms with Gasteiger partial charge in [-0.3, -0.25) is 4.90 Å². The van der Waals surface area contributed by atoms with Gasteiger partial charge in [0.2, 0.25) is 0 Å². The smallest absolute Gasteiger partial charge is 0.0367 e. The van der Waals surface area contributed by atoms with E-state index in [0.717, 1.165) is 12.0 Å². The fourth-order valence-corrected chi connectivity index (χ4v) is 3.77. The van der Waals surface area contributed by atoms with Crippen LogP contribution in [0.3, 0.4) is 0 Å². The highest BCUT2D eigenvalue weighted by molar-refractivity contribution is 5.48. The third kappa shape index (κ3) is 4.07. The Hall–Kier alpha value is -1.06. The summed E-state index contributed by atoms with van der Waals surface area (Å²) >= 11 is 0. The zero-order valence-electron chi connectivity index (χ0n) is 15.3. The van der Waals surface area contributed by atoms with Crippen molar-refractivity contribution in [3.05, 3.63) is 29.8 Å². The molecule has 0 saturated carbocycles. The third-order valence-corrected chi connectivity index (χ3v) is 5.53. The molecule has 0 aliphatic carbocycles. The SMILES string of the molecule is CC(C)c1ccc(N2CCN(CC3CN(C(C)C)C3)CC2)cc1. The zero-order valence-corrected chi connectivity index (χ0v) is 15.3. The predicted octanol–water partition coefficient (Wildman–Crippen LogP) is 3.27. The summed E-state index contributed by atoms with van der Waals surface area (Å²) in [5, 5.41) is 0. The summed E-state index contributed by atoms with van der Waals surface area (Å²) in [6.07, 6.45) is 0. The first-order chi connectivity index (χ1) is 11.0. The van der Waals surface area contributed by atoms with Crippen molar-refractivity contribution in [1.82, 2.24) is 9.80 Å². The third-order valence-electron chi connectivity index (χ3n) is 5.53. The largest absolute Gasteiger partial charge is 0.369 e. The van der Waals surface area contributed by atoms with Gasteiger partial charge >= 0.3 is 0 Å². The maximum absolute atomic E-state index is 2.67. The minimum absolute atomic E-state index is 0.619. The van der Waals surface area contributed by atoms with Crippen LogP contribution in [0.2, 0.25) is 0 Å². The van der Waals surface area contributed by atoms with Crippen LogP contribution in [0.5, 0.6) is 0 Å². The molecular weight excluding hydrogens is 282 g/mol. The molecule has 0 radical (unpaired) electrons. The molecule has 0 aromatic heterocycles. The molecule has 3 heteroatoms. The van der Waals surface area contributed by atoms with E-state index in [1.807, 2.05) is 0 Å². The van der Waals surface area contributed by atoms with E-state index < -0.39 is 0 Å². The lowest BCUT2D eigenvalue weighted by molar-refractivity contribution is 0.0411. The summed E-state index contributed by atoms with van der Waals surface area (Å²) in [7, 11) is 0. The van der Waals surface area contributed by atoms with Crippen molar-refractivity contribution in [2.24, 2.45) is 5.92 Å². The molecule has 0 N–H and O–H groups in total. The van der Waals surface area contributed by atoms with E-state index in [1.165, 1.54) is 57.1 Å². The molecule has 0 unspecified atom stereocenters. The summed E-state index contributed by atoms with van der Waals surface area (Å²) in [5.41, 5.74) is 2.83. The number of hydrogen-bond donors (Lipinski definition) is 0. The van der Waals surface area contributed by atoms with Gasteiger partial charge in [-0.1, -0.05) is 26.0 Å². The Morgan fingerprint density at radius 2 is 1.52 bits per heavy atom. The van der Waals surface area contributed by atoms with Gasteiger partial charge in [0.25, 0.3) is 0 Å². The van der Waals surface area contributed by atoms with Gasteiger partial charge in [-0.2, -0.15) is 0 Å². The summed E-state index contributed by atoms with van der Waals surface area (Å²) in [6, 6.07) is 9.91.